The van der Waals surface area contributed by atoms with Gasteiger partial charge in [-0.2, -0.15) is 9.57 Å². The molecule has 0 radical (unpaired) electrons. The number of sulfonamides is 1. The zero-order valence-electron chi connectivity index (χ0n) is 18.2. The molecular formula is C22H27N5O4S. The first-order valence-corrected chi connectivity index (χ1v) is 11.9. The van der Waals surface area contributed by atoms with Crippen molar-refractivity contribution < 1.29 is 17.9 Å². The van der Waals surface area contributed by atoms with Crippen molar-refractivity contribution in [3.63, 3.8) is 0 Å². The molecule has 2 amide bonds. The van der Waals surface area contributed by atoms with Crippen LogP contribution in [0.4, 0.5) is 21.9 Å². The summed E-state index contributed by atoms with van der Waals surface area (Å²) in [5.41, 5.74) is 1.77. The smallest absolute Gasteiger partial charge is 0.323 e. The van der Waals surface area contributed by atoms with Crippen LogP contribution >= 0.6 is 0 Å². The summed E-state index contributed by atoms with van der Waals surface area (Å²) in [6.45, 7) is 6.58. The Labute approximate surface area is 188 Å². The van der Waals surface area contributed by atoms with Crippen LogP contribution in [0, 0.1) is 11.3 Å². The number of amides is 2. The molecule has 32 heavy (non-hydrogen) atoms. The maximum atomic E-state index is 13.0. The molecule has 0 aliphatic carbocycles. The van der Waals surface area contributed by atoms with Gasteiger partial charge in [0.1, 0.15) is 6.07 Å². The van der Waals surface area contributed by atoms with Gasteiger partial charge in [0.25, 0.3) is 0 Å². The topological polar surface area (TPSA) is 115 Å². The number of rotatable bonds is 7. The lowest BCUT2D eigenvalue weighted by atomic mass is 10.2. The highest BCUT2D eigenvalue weighted by molar-refractivity contribution is 7.89. The van der Waals surface area contributed by atoms with Gasteiger partial charge >= 0.3 is 6.03 Å². The van der Waals surface area contributed by atoms with Crippen molar-refractivity contribution >= 4 is 33.1 Å². The minimum atomic E-state index is -3.70. The predicted molar refractivity (Wildman–Crippen MR) is 123 cm³/mol. The van der Waals surface area contributed by atoms with E-state index in [1.807, 2.05) is 11.0 Å². The number of hydrogen-bond acceptors (Lipinski definition) is 6. The van der Waals surface area contributed by atoms with E-state index in [1.165, 1.54) is 10.4 Å². The molecule has 1 heterocycles. The number of nitrogens with zero attached hydrogens (tertiary/aromatic N) is 3. The Morgan fingerprint density at radius 1 is 1.09 bits per heavy atom. The van der Waals surface area contributed by atoms with E-state index in [9.17, 15) is 18.5 Å². The van der Waals surface area contributed by atoms with Gasteiger partial charge in [-0.25, -0.2) is 13.2 Å². The molecule has 0 bridgehead atoms. The number of carbonyl (C=O) groups is 1. The molecule has 0 saturated carbocycles. The highest BCUT2D eigenvalue weighted by Crippen LogP contribution is 2.31. The number of benzene rings is 2. The minimum Gasteiger partial charge on any atom is -0.378 e. The Kier molecular flexibility index (Phi) is 7.69. The van der Waals surface area contributed by atoms with E-state index >= 15 is 0 Å². The number of ether oxygens (including phenoxy) is 1. The van der Waals surface area contributed by atoms with Crippen LogP contribution < -0.4 is 15.5 Å². The highest BCUT2D eigenvalue weighted by Gasteiger charge is 2.25. The Hall–Kier alpha value is -3.13. The van der Waals surface area contributed by atoms with Crippen molar-refractivity contribution in [1.29, 1.82) is 5.26 Å². The summed E-state index contributed by atoms with van der Waals surface area (Å²) < 4.78 is 32.8. The molecule has 0 aromatic heterocycles. The summed E-state index contributed by atoms with van der Waals surface area (Å²) in [5, 5.41) is 14.7. The second kappa shape index (κ2) is 10.5. The van der Waals surface area contributed by atoms with Crippen molar-refractivity contribution in [1.82, 2.24) is 4.31 Å². The van der Waals surface area contributed by atoms with Gasteiger partial charge in [0.15, 0.2) is 0 Å². The number of carbonyl (C=O) groups excluding carboxylic acids is 1. The fraction of sp³-hybridized carbons (Fsp3) is 0.364. The minimum absolute atomic E-state index is 0.103. The maximum absolute atomic E-state index is 13.0. The molecule has 1 saturated heterocycles. The van der Waals surface area contributed by atoms with Crippen LogP contribution in [0.2, 0.25) is 0 Å². The second-order valence-corrected chi connectivity index (χ2v) is 9.04. The average Bonchev–Trinajstić information content (AvgIpc) is 2.80. The molecule has 0 unspecified atom stereocenters. The Bertz CT molecular complexity index is 1100. The third kappa shape index (κ3) is 5.19. The van der Waals surface area contributed by atoms with Crippen molar-refractivity contribution in [2.24, 2.45) is 0 Å². The quantitative estimate of drug-likeness (QED) is 0.660. The van der Waals surface area contributed by atoms with E-state index in [-0.39, 0.29) is 4.90 Å². The summed E-state index contributed by atoms with van der Waals surface area (Å²) >= 11 is 0. The molecule has 3 rings (SSSR count). The van der Waals surface area contributed by atoms with Crippen molar-refractivity contribution in [3.05, 3.63) is 48.0 Å². The Morgan fingerprint density at radius 2 is 1.75 bits per heavy atom. The Balaban J connectivity index is 1.95. The molecule has 1 fully saturated rings. The third-order valence-electron chi connectivity index (χ3n) is 5.21. The molecule has 170 valence electrons. The number of morpholine rings is 1. The van der Waals surface area contributed by atoms with E-state index in [0.717, 1.165) is 0 Å². The Morgan fingerprint density at radius 3 is 2.41 bits per heavy atom. The highest BCUT2D eigenvalue weighted by atomic mass is 32.2. The van der Waals surface area contributed by atoms with Gasteiger partial charge in [-0.1, -0.05) is 26.0 Å². The van der Waals surface area contributed by atoms with Crippen LogP contribution in [0.5, 0.6) is 0 Å². The van der Waals surface area contributed by atoms with Gasteiger partial charge in [-0.3, -0.25) is 0 Å². The summed E-state index contributed by atoms with van der Waals surface area (Å²) in [6.07, 6.45) is 0. The number of hydrogen-bond donors (Lipinski definition) is 2. The van der Waals surface area contributed by atoms with Crippen LogP contribution in [0.15, 0.2) is 47.4 Å². The predicted octanol–water partition coefficient (Wildman–Crippen LogP) is 3.07. The fourth-order valence-corrected chi connectivity index (χ4v) is 5.02. The number of para-hydroxylation sites is 1. The van der Waals surface area contributed by atoms with E-state index < -0.39 is 16.1 Å². The van der Waals surface area contributed by atoms with Gasteiger partial charge < -0.3 is 20.3 Å². The van der Waals surface area contributed by atoms with Crippen molar-refractivity contribution in [2.75, 3.05) is 54.9 Å². The summed E-state index contributed by atoms with van der Waals surface area (Å²) in [7, 11) is -3.70. The summed E-state index contributed by atoms with van der Waals surface area (Å²) in [5.74, 6) is 0. The molecule has 2 N–H and O–H groups in total. The normalized spacial score (nSPS) is 14.1. The number of nitrogens with one attached hydrogen (secondary N) is 2. The zero-order chi connectivity index (χ0) is 23.1. The molecule has 1 aliphatic rings. The van der Waals surface area contributed by atoms with Crippen LogP contribution in [0.3, 0.4) is 0 Å². The largest absolute Gasteiger partial charge is 0.378 e. The lowest BCUT2D eigenvalue weighted by Crippen LogP contribution is -2.37. The van der Waals surface area contributed by atoms with Crippen LogP contribution in [0.1, 0.15) is 19.4 Å². The van der Waals surface area contributed by atoms with Gasteiger partial charge in [0.05, 0.1) is 40.7 Å². The van der Waals surface area contributed by atoms with Crippen LogP contribution in [0.25, 0.3) is 0 Å². The molecule has 1 aliphatic heterocycles. The van der Waals surface area contributed by atoms with Gasteiger partial charge in [-0.05, 0) is 30.3 Å². The van der Waals surface area contributed by atoms with Gasteiger partial charge in [-0.15, -0.1) is 0 Å². The molecule has 2 aromatic rings. The second-order valence-electron chi connectivity index (χ2n) is 7.10. The fourth-order valence-electron chi connectivity index (χ4n) is 3.53. The molecule has 10 heteroatoms. The number of nitriles is 1. The van der Waals surface area contributed by atoms with E-state index in [4.69, 9.17) is 4.74 Å². The SMILES string of the molecule is CCN(CC)S(=O)(=O)c1ccc(N2CCOCC2)c(NC(=O)Nc2ccccc2C#N)c1. The third-order valence-corrected chi connectivity index (χ3v) is 7.25. The zero-order valence-corrected chi connectivity index (χ0v) is 19.0. The molecule has 0 atom stereocenters. The summed E-state index contributed by atoms with van der Waals surface area (Å²) in [6, 6.07) is 12.9. The van der Waals surface area contributed by atoms with Crippen molar-refractivity contribution in [2.45, 2.75) is 18.7 Å². The van der Waals surface area contributed by atoms with E-state index in [0.29, 0.717) is 62.0 Å². The van der Waals surface area contributed by atoms with Crippen LogP contribution in [-0.2, 0) is 14.8 Å². The van der Waals surface area contributed by atoms with Gasteiger partial charge in [0.2, 0.25) is 10.0 Å². The molecular weight excluding hydrogens is 430 g/mol. The molecule has 0 spiro atoms. The van der Waals surface area contributed by atoms with E-state index in [1.54, 1.807) is 50.2 Å². The van der Waals surface area contributed by atoms with Crippen LogP contribution in [-0.4, -0.2) is 58.1 Å². The first-order valence-electron chi connectivity index (χ1n) is 10.4. The molecule has 2 aromatic carbocycles. The summed E-state index contributed by atoms with van der Waals surface area (Å²) in [4.78, 5) is 14.9. The first-order chi connectivity index (χ1) is 15.4. The van der Waals surface area contributed by atoms with Crippen molar-refractivity contribution in [3.8, 4) is 6.07 Å². The molecule has 9 nitrogen and oxygen atoms in total. The average molecular weight is 458 g/mol. The number of urea groups is 1. The monoisotopic (exact) mass is 457 g/mol. The first kappa shape index (κ1) is 23.5. The maximum Gasteiger partial charge on any atom is 0.323 e. The lowest BCUT2D eigenvalue weighted by molar-refractivity contribution is 0.123. The number of anilines is 3. The standard InChI is InChI=1S/C22H27N5O4S/c1-3-27(4-2)32(29,30)18-9-10-21(26-11-13-31-14-12-26)20(15-18)25-22(28)24-19-8-6-5-7-17(19)16-23/h5-10,15H,3-4,11-14H2,1-2H3,(H2,24,25,28). The lowest BCUT2D eigenvalue weighted by Gasteiger charge is -2.31. The van der Waals surface area contributed by atoms with E-state index in [2.05, 4.69) is 10.6 Å². The van der Waals surface area contributed by atoms with Gasteiger partial charge in [0, 0.05) is 26.2 Å².